The highest BCUT2D eigenvalue weighted by Gasteiger charge is 2.32. The van der Waals surface area contributed by atoms with Crippen LogP contribution in [-0.2, 0) is 9.47 Å². The zero-order valence-corrected chi connectivity index (χ0v) is 14.4. The molecule has 0 unspecified atom stereocenters. The predicted molar refractivity (Wildman–Crippen MR) is 88.5 cm³/mol. The van der Waals surface area contributed by atoms with Crippen LogP contribution in [0.25, 0.3) is 0 Å². The fourth-order valence-corrected chi connectivity index (χ4v) is 2.56. The molecule has 0 aliphatic rings. The van der Waals surface area contributed by atoms with Crippen LogP contribution in [0.1, 0.15) is 12.8 Å². The smallest absolute Gasteiger partial charge is 0.0569 e. The van der Waals surface area contributed by atoms with E-state index in [1.165, 1.54) is 0 Å². The standard InChI is InChI=1S/C15H36N4O2/c1-18(2)11-15(12-19(3)4,13-20-9-5-7-16)14-21-10-6-8-17/h5-14,16-17H2,1-4H3. The zero-order valence-electron chi connectivity index (χ0n) is 14.4. The van der Waals surface area contributed by atoms with Crippen molar-refractivity contribution in [2.24, 2.45) is 16.9 Å². The average Bonchev–Trinajstić information content (AvgIpc) is 2.38. The number of nitrogens with two attached hydrogens (primary N) is 2. The molecule has 0 aliphatic heterocycles. The summed E-state index contributed by atoms with van der Waals surface area (Å²) in [6, 6.07) is 0. The van der Waals surface area contributed by atoms with E-state index < -0.39 is 0 Å². The molecule has 21 heavy (non-hydrogen) atoms. The lowest BCUT2D eigenvalue weighted by Crippen LogP contribution is -2.48. The lowest BCUT2D eigenvalue weighted by molar-refractivity contribution is -0.0459. The molecule has 6 nitrogen and oxygen atoms in total. The Labute approximate surface area is 130 Å². The summed E-state index contributed by atoms with van der Waals surface area (Å²) < 4.78 is 11.7. The summed E-state index contributed by atoms with van der Waals surface area (Å²) in [5.74, 6) is 0. The third-order valence-corrected chi connectivity index (χ3v) is 3.11. The van der Waals surface area contributed by atoms with Gasteiger partial charge in [-0.2, -0.15) is 0 Å². The first-order chi connectivity index (χ1) is 9.95. The van der Waals surface area contributed by atoms with E-state index >= 15 is 0 Å². The zero-order chi connectivity index (χ0) is 16.1. The minimum absolute atomic E-state index is 0.0316. The second kappa shape index (κ2) is 12.3. The first-order valence-electron chi connectivity index (χ1n) is 7.81. The highest BCUT2D eigenvalue weighted by molar-refractivity contribution is 4.84. The van der Waals surface area contributed by atoms with Crippen LogP contribution in [-0.4, -0.2) is 90.6 Å². The van der Waals surface area contributed by atoms with E-state index in [0.29, 0.717) is 39.5 Å². The van der Waals surface area contributed by atoms with Gasteiger partial charge in [0.15, 0.2) is 0 Å². The Hall–Kier alpha value is -0.240. The molecule has 0 heterocycles. The van der Waals surface area contributed by atoms with Gasteiger partial charge in [0.1, 0.15) is 0 Å². The summed E-state index contributed by atoms with van der Waals surface area (Å²) in [4.78, 5) is 4.39. The quantitative estimate of drug-likeness (QED) is 0.434. The van der Waals surface area contributed by atoms with E-state index in [0.717, 1.165) is 25.9 Å². The fraction of sp³-hybridized carbons (Fsp3) is 1.00. The number of nitrogens with zero attached hydrogens (tertiary/aromatic N) is 2. The Morgan fingerprint density at radius 1 is 0.762 bits per heavy atom. The van der Waals surface area contributed by atoms with Crippen molar-refractivity contribution < 1.29 is 9.47 Å². The second-order valence-electron chi connectivity index (χ2n) is 6.37. The number of ether oxygens (including phenoxy) is 2. The lowest BCUT2D eigenvalue weighted by atomic mass is 9.88. The summed E-state index contributed by atoms with van der Waals surface area (Å²) in [5, 5.41) is 0. The maximum Gasteiger partial charge on any atom is 0.0569 e. The van der Waals surface area contributed by atoms with Gasteiger partial charge in [0.25, 0.3) is 0 Å². The van der Waals surface area contributed by atoms with Crippen molar-refractivity contribution in [3.63, 3.8) is 0 Å². The maximum absolute atomic E-state index is 5.86. The summed E-state index contributed by atoms with van der Waals surface area (Å²) >= 11 is 0. The maximum atomic E-state index is 5.86. The highest BCUT2D eigenvalue weighted by atomic mass is 16.5. The predicted octanol–water partition coefficient (Wildman–Crippen LogP) is -0.173. The molecule has 0 rings (SSSR count). The number of hydrogen-bond donors (Lipinski definition) is 2. The van der Waals surface area contributed by atoms with Crippen LogP contribution in [0.3, 0.4) is 0 Å². The van der Waals surface area contributed by atoms with Gasteiger partial charge in [-0.15, -0.1) is 0 Å². The largest absolute Gasteiger partial charge is 0.381 e. The molecule has 0 saturated heterocycles. The van der Waals surface area contributed by atoms with E-state index in [1.807, 2.05) is 0 Å². The van der Waals surface area contributed by atoms with Crippen molar-refractivity contribution in [2.75, 3.05) is 80.8 Å². The molecule has 0 spiro atoms. The van der Waals surface area contributed by atoms with E-state index in [9.17, 15) is 0 Å². The molecule has 0 saturated carbocycles. The minimum Gasteiger partial charge on any atom is -0.381 e. The van der Waals surface area contributed by atoms with Crippen molar-refractivity contribution in [2.45, 2.75) is 12.8 Å². The van der Waals surface area contributed by atoms with Crippen LogP contribution in [0.2, 0.25) is 0 Å². The van der Waals surface area contributed by atoms with Crippen LogP contribution in [0.15, 0.2) is 0 Å². The molecule has 0 aromatic carbocycles. The molecule has 0 aliphatic carbocycles. The van der Waals surface area contributed by atoms with Gasteiger partial charge in [0.2, 0.25) is 0 Å². The second-order valence-corrected chi connectivity index (χ2v) is 6.37. The SMILES string of the molecule is CN(C)CC(COCCCN)(COCCCN)CN(C)C. The van der Waals surface area contributed by atoms with Crippen LogP contribution in [0, 0.1) is 5.41 Å². The van der Waals surface area contributed by atoms with E-state index in [2.05, 4.69) is 38.0 Å². The Kier molecular flexibility index (Phi) is 12.2. The first kappa shape index (κ1) is 20.8. The normalized spacial score (nSPS) is 12.6. The van der Waals surface area contributed by atoms with Crippen LogP contribution < -0.4 is 11.5 Å². The van der Waals surface area contributed by atoms with E-state index in [4.69, 9.17) is 20.9 Å². The Morgan fingerprint density at radius 3 is 1.43 bits per heavy atom. The van der Waals surface area contributed by atoms with Crippen molar-refractivity contribution in [1.82, 2.24) is 9.80 Å². The Bertz CT molecular complexity index is 214. The highest BCUT2D eigenvalue weighted by Crippen LogP contribution is 2.21. The van der Waals surface area contributed by atoms with Crippen molar-refractivity contribution in [3.05, 3.63) is 0 Å². The molecular weight excluding hydrogens is 268 g/mol. The molecule has 0 amide bonds. The van der Waals surface area contributed by atoms with Crippen LogP contribution >= 0.6 is 0 Å². The van der Waals surface area contributed by atoms with E-state index in [-0.39, 0.29) is 5.41 Å². The molecule has 128 valence electrons. The Balaban J connectivity index is 4.59. The molecule has 0 radical (unpaired) electrons. The van der Waals surface area contributed by atoms with Gasteiger partial charge in [-0.25, -0.2) is 0 Å². The minimum atomic E-state index is -0.0316. The van der Waals surface area contributed by atoms with Gasteiger partial charge in [-0.1, -0.05) is 0 Å². The van der Waals surface area contributed by atoms with Gasteiger partial charge in [0.05, 0.1) is 13.2 Å². The van der Waals surface area contributed by atoms with Gasteiger partial charge in [-0.05, 0) is 54.1 Å². The first-order valence-corrected chi connectivity index (χ1v) is 7.81. The molecular formula is C15H36N4O2. The molecule has 0 fully saturated rings. The molecule has 4 N–H and O–H groups in total. The van der Waals surface area contributed by atoms with Crippen molar-refractivity contribution >= 4 is 0 Å². The third-order valence-electron chi connectivity index (χ3n) is 3.11. The number of hydrogen-bond acceptors (Lipinski definition) is 6. The molecule has 0 atom stereocenters. The van der Waals surface area contributed by atoms with Crippen molar-refractivity contribution in [3.8, 4) is 0 Å². The Morgan fingerprint density at radius 2 is 1.14 bits per heavy atom. The van der Waals surface area contributed by atoms with Gasteiger partial charge < -0.3 is 30.7 Å². The fourth-order valence-electron chi connectivity index (χ4n) is 2.56. The summed E-state index contributed by atoms with van der Waals surface area (Å²) in [5.41, 5.74) is 11.0. The molecule has 0 aromatic heterocycles. The van der Waals surface area contributed by atoms with Gasteiger partial charge in [-0.3, -0.25) is 0 Å². The average molecular weight is 304 g/mol. The third kappa shape index (κ3) is 11.0. The number of rotatable bonds is 14. The van der Waals surface area contributed by atoms with Gasteiger partial charge in [0, 0.05) is 31.7 Å². The van der Waals surface area contributed by atoms with E-state index in [1.54, 1.807) is 0 Å². The topological polar surface area (TPSA) is 77.0 Å². The monoisotopic (exact) mass is 304 g/mol. The van der Waals surface area contributed by atoms with Crippen molar-refractivity contribution in [1.29, 1.82) is 0 Å². The summed E-state index contributed by atoms with van der Waals surface area (Å²) in [6.45, 7) is 5.98. The molecule has 6 heteroatoms. The van der Waals surface area contributed by atoms with Gasteiger partial charge >= 0.3 is 0 Å². The lowest BCUT2D eigenvalue weighted by Gasteiger charge is -2.38. The molecule has 0 bridgehead atoms. The summed E-state index contributed by atoms with van der Waals surface area (Å²) in [7, 11) is 8.35. The summed E-state index contributed by atoms with van der Waals surface area (Å²) in [6.07, 6.45) is 1.79. The molecule has 0 aromatic rings. The van der Waals surface area contributed by atoms with Crippen LogP contribution in [0.4, 0.5) is 0 Å². The van der Waals surface area contributed by atoms with Crippen LogP contribution in [0.5, 0.6) is 0 Å².